The molecule has 0 unspecified atom stereocenters. The number of halogens is 1. The Morgan fingerprint density at radius 2 is 1.91 bits per heavy atom. The number of carbonyl (C=O) groups is 3. The molecule has 2 aromatic rings. The number of benzene rings is 2. The summed E-state index contributed by atoms with van der Waals surface area (Å²) in [6.07, 6.45) is 6.53. The van der Waals surface area contributed by atoms with Gasteiger partial charge in [0.05, 0.1) is 21.7 Å². The first-order chi connectivity index (χ1) is 15.8. The smallest absolute Gasteiger partial charge is 0.335 e. The van der Waals surface area contributed by atoms with E-state index in [1.807, 2.05) is 0 Å². The molecule has 0 atom stereocenters. The molecule has 168 valence electrons. The van der Waals surface area contributed by atoms with Gasteiger partial charge in [-0.15, -0.1) is 6.42 Å². The SMILES string of the molecule is C#CCOc1c(Br)cc(/C=C2\C(=O)NC(=O)N(c3ccc([N+](=O)[O-])cc3)C2=O)cc1OCC. The minimum Gasteiger partial charge on any atom is -0.490 e. The molecule has 1 fully saturated rings. The van der Waals surface area contributed by atoms with Crippen LogP contribution in [-0.4, -0.2) is 36.0 Å². The van der Waals surface area contributed by atoms with E-state index in [4.69, 9.17) is 15.9 Å². The van der Waals surface area contributed by atoms with Crippen molar-refractivity contribution in [2.45, 2.75) is 6.92 Å². The van der Waals surface area contributed by atoms with Crippen molar-refractivity contribution in [2.24, 2.45) is 0 Å². The number of carbonyl (C=O) groups excluding carboxylic acids is 3. The van der Waals surface area contributed by atoms with Crippen LogP contribution in [0.4, 0.5) is 16.2 Å². The van der Waals surface area contributed by atoms with Gasteiger partial charge in [-0.05, 0) is 58.8 Å². The van der Waals surface area contributed by atoms with Crippen LogP contribution < -0.4 is 19.7 Å². The Morgan fingerprint density at radius 3 is 2.52 bits per heavy atom. The monoisotopic (exact) mass is 513 g/mol. The Labute approximate surface area is 196 Å². The standard InChI is InChI=1S/C22H16BrN3O7/c1-3-9-33-19-17(23)11-13(12-18(19)32-4-2)10-16-20(27)24-22(29)25(21(16)28)14-5-7-15(8-6-14)26(30)31/h1,5-8,10-12H,4,9H2,2H3,(H,24,27,29)/b16-10+. The van der Waals surface area contributed by atoms with Gasteiger partial charge in [0, 0.05) is 12.1 Å². The van der Waals surface area contributed by atoms with Crippen LogP contribution in [0.1, 0.15) is 12.5 Å². The van der Waals surface area contributed by atoms with Crippen molar-refractivity contribution >= 4 is 51.2 Å². The molecule has 3 rings (SSSR count). The van der Waals surface area contributed by atoms with E-state index in [2.05, 4.69) is 27.2 Å². The lowest BCUT2D eigenvalue weighted by Gasteiger charge is -2.26. The molecule has 11 heteroatoms. The Bertz CT molecular complexity index is 1220. The summed E-state index contributed by atoms with van der Waals surface area (Å²) in [7, 11) is 0. The number of hydrogen-bond acceptors (Lipinski definition) is 7. The van der Waals surface area contributed by atoms with Crippen LogP contribution in [0.3, 0.4) is 0 Å². The molecule has 1 aliphatic heterocycles. The van der Waals surface area contributed by atoms with E-state index in [9.17, 15) is 24.5 Å². The minimum absolute atomic E-state index is 0.00626. The number of anilines is 1. The van der Waals surface area contributed by atoms with Gasteiger partial charge in [0.15, 0.2) is 11.5 Å². The third-order valence-corrected chi connectivity index (χ3v) is 4.95. The molecule has 0 aliphatic carbocycles. The van der Waals surface area contributed by atoms with E-state index in [0.29, 0.717) is 28.1 Å². The molecule has 0 saturated carbocycles. The average molecular weight is 514 g/mol. The summed E-state index contributed by atoms with van der Waals surface area (Å²) >= 11 is 3.36. The van der Waals surface area contributed by atoms with Gasteiger partial charge in [-0.25, -0.2) is 9.69 Å². The quantitative estimate of drug-likeness (QED) is 0.197. The highest BCUT2D eigenvalue weighted by Crippen LogP contribution is 2.38. The largest absolute Gasteiger partial charge is 0.490 e. The van der Waals surface area contributed by atoms with Crippen LogP contribution >= 0.6 is 15.9 Å². The third-order valence-electron chi connectivity index (χ3n) is 4.36. The van der Waals surface area contributed by atoms with Crippen molar-refractivity contribution < 1.29 is 28.8 Å². The number of non-ortho nitro benzene ring substituents is 1. The highest BCUT2D eigenvalue weighted by Gasteiger charge is 2.37. The number of ether oxygens (including phenoxy) is 2. The van der Waals surface area contributed by atoms with Crippen LogP contribution in [0, 0.1) is 22.5 Å². The van der Waals surface area contributed by atoms with Gasteiger partial charge in [0.1, 0.15) is 12.2 Å². The lowest BCUT2D eigenvalue weighted by atomic mass is 10.1. The summed E-state index contributed by atoms with van der Waals surface area (Å²) in [4.78, 5) is 48.7. The molecule has 1 heterocycles. The maximum Gasteiger partial charge on any atom is 0.335 e. The molecule has 0 radical (unpaired) electrons. The first kappa shape index (κ1) is 23.5. The van der Waals surface area contributed by atoms with Crippen LogP contribution in [0.25, 0.3) is 6.08 Å². The van der Waals surface area contributed by atoms with E-state index in [1.54, 1.807) is 19.1 Å². The number of amides is 4. The zero-order chi connectivity index (χ0) is 24.1. The number of imide groups is 2. The van der Waals surface area contributed by atoms with E-state index < -0.39 is 22.8 Å². The summed E-state index contributed by atoms with van der Waals surface area (Å²) in [6, 6.07) is 6.96. The molecule has 10 nitrogen and oxygen atoms in total. The predicted octanol–water partition coefficient (Wildman–Crippen LogP) is 3.43. The maximum absolute atomic E-state index is 13.0. The highest BCUT2D eigenvalue weighted by atomic mass is 79.9. The number of nitro groups is 1. The van der Waals surface area contributed by atoms with Crippen molar-refractivity contribution in [3.05, 3.63) is 62.1 Å². The van der Waals surface area contributed by atoms with Gasteiger partial charge in [-0.1, -0.05) is 5.92 Å². The Hall–Kier alpha value is -4.17. The fraction of sp³-hybridized carbons (Fsp3) is 0.136. The van der Waals surface area contributed by atoms with Crippen LogP contribution in [0.15, 0.2) is 46.4 Å². The number of nitrogens with zero attached hydrogens (tertiary/aromatic N) is 2. The van der Waals surface area contributed by atoms with Crippen molar-refractivity contribution in [1.29, 1.82) is 0 Å². The van der Waals surface area contributed by atoms with Gasteiger partial charge in [-0.2, -0.15) is 0 Å². The van der Waals surface area contributed by atoms with Gasteiger partial charge >= 0.3 is 6.03 Å². The van der Waals surface area contributed by atoms with Crippen molar-refractivity contribution in [2.75, 3.05) is 18.1 Å². The van der Waals surface area contributed by atoms with Gasteiger partial charge in [0.2, 0.25) is 0 Å². The van der Waals surface area contributed by atoms with Crippen molar-refractivity contribution in [3.8, 4) is 23.8 Å². The van der Waals surface area contributed by atoms with E-state index >= 15 is 0 Å². The van der Waals surface area contributed by atoms with E-state index in [0.717, 1.165) is 17.0 Å². The molecule has 1 N–H and O–H groups in total. The van der Waals surface area contributed by atoms with Crippen LogP contribution in [0.2, 0.25) is 0 Å². The van der Waals surface area contributed by atoms with Gasteiger partial charge in [-0.3, -0.25) is 25.0 Å². The highest BCUT2D eigenvalue weighted by molar-refractivity contribution is 9.10. The summed E-state index contributed by atoms with van der Waals surface area (Å²) in [5.41, 5.74) is -0.0545. The molecule has 33 heavy (non-hydrogen) atoms. The summed E-state index contributed by atoms with van der Waals surface area (Å²) in [5.74, 6) is 1.28. The number of hydrogen-bond donors (Lipinski definition) is 1. The number of nitrogens with one attached hydrogen (secondary N) is 1. The first-order valence-electron chi connectivity index (χ1n) is 9.45. The fourth-order valence-corrected chi connectivity index (χ4v) is 3.54. The lowest BCUT2D eigenvalue weighted by molar-refractivity contribution is -0.384. The average Bonchev–Trinajstić information content (AvgIpc) is 2.76. The summed E-state index contributed by atoms with van der Waals surface area (Å²) in [5, 5.41) is 13.0. The zero-order valence-electron chi connectivity index (χ0n) is 17.2. The number of nitro benzene ring substituents is 1. The number of rotatable bonds is 7. The van der Waals surface area contributed by atoms with E-state index in [1.165, 1.54) is 18.2 Å². The number of terminal acetylenes is 1. The van der Waals surface area contributed by atoms with Crippen LogP contribution in [-0.2, 0) is 9.59 Å². The Balaban J connectivity index is 2.00. The second kappa shape index (κ2) is 9.97. The number of urea groups is 1. The van der Waals surface area contributed by atoms with E-state index in [-0.39, 0.29) is 23.6 Å². The Morgan fingerprint density at radius 1 is 1.21 bits per heavy atom. The summed E-state index contributed by atoms with van der Waals surface area (Å²) in [6.45, 7) is 2.10. The van der Waals surface area contributed by atoms with Gasteiger partial charge < -0.3 is 9.47 Å². The maximum atomic E-state index is 13.0. The fourth-order valence-electron chi connectivity index (χ4n) is 2.97. The Kier molecular flexibility index (Phi) is 7.10. The zero-order valence-corrected chi connectivity index (χ0v) is 18.7. The van der Waals surface area contributed by atoms with Crippen LogP contribution in [0.5, 0.6) is 11.5 Å². The molecule has 1 aliphatic rings. The normalized spacial score (nSPS) is 14.6. The second-order valence-corrected chi connectivity index (χ2v) is 7.34. The minimum atomic E-state index is -0.967. The molecular weight excluding hydrogens is 498 g/mol. The molecule has 0 bridgehead atoms. The van der Waals surface area contributed by atoms with Crippen molar-refractivity contribution in [1.82, 2.24) is 5.32 Å². The molecule has 2 aromatic carbocycles. The van der Waals surface area contributed by atoms with Crippen molar-refractivity contribution in [3.63, 3.8) is 0 Å². The van der Waals surface area contributed by atoms with Gasteiger partial charge in [0.25, 0.3) is 17.5 Å². The topological polar surface area (TPSA) is 128 Å². The number of barbiturate groups is 1. The molecule has 0 spiro atoms. The molecular formula is C22H16BrN3O7. The molecule has 4 amide bonds. The second-order valence-electron chi connectivity index (χ2n) is 6.49. The predicted molar refractivity (Wildman–Crippen MR) is 122 cm³/mol. The molecule has 0 aromatic heterocycles. The first-order valence-corrected chi connectivity index (χ1v) is 10.2. The third kappa shape index (κ3) is 5.02. The lowest BCUT2D eigenvalue weighted by Crippen LogP contribution is -2.54. The molecule has 1 saturated heterocycles. The summed E-state index contributed by atoms with van der Waals surface area (Å²) < 4.78 is 11.5.